The van der Waals surface area contributed by atoms with Crippen LogP contribution < -0.4 is 5.32 Å². The highest BCUT2D eigenvalue weighted by molar-refractivity contribution is 6.31. The Labute approximate surface area is 123 Å². The third kappa shape index (κ3) is 2.87. The minimum Gasteiger partial charge on any atom is -0.502 e. The van der Waals surface area contributed by atoms with Gasteiger partial charge in [-0.25, -0.2) is 9.18 Å². The average molecular weight is 316 g/mol. The molecule has 1 amide bonds. The molecule has 0 saturated heterocycles. The molecule has 112 valence electrons. The van der Waals surface area contributed by atoms with Gasteiger partial charge in [-0.3, -0.25) is 5.32 Å². The van der Waals surface area contributed by atoms with Gasteiger partial charge in [0.15, 0.2) is 11.6 Å². The molecule has 0 radical (unpaired) electrons. The zero-order valence-corrected chi connectivity index (χ0v) is 11.6. The summed E-state index contributed by atoms with van der Waals surface area (Å²) in [5.74, 6) is -3.11. The van der Waals surface area contributed by atoms with E-state index in [1.54, 1.807) is 6.92 Å². The molecule has 2 rings (SSSR count). The summed E-state index contributed by atoms with van der Waals surface area (Å²) in [6.07, 6.45) is -0.889. The molecule has 0 saturated carbocycles. The highest BCUT2D eigenvalue weighted by atomic mass is 35.5. The topological polar surface area (TPSA) is 91.9 Å². The van der Waals surface area contributed by atoms with Gasteiger partial charge in [-0.05, 0) is 19.1 Å². The van der Waals surface area contributed by atoms with E-state index in [-0.39, 0.29) is 23.0 Å². The predicted molar refractivity (Wildman–Crippen MR) is 73.1 cm³/mol. The van der Waals surface area contributed by atoms with E-state index in [2.05, 4.69) is 10.1 Å². The van der Waals surface area contributed by atoms with Crippen molar-refractivity contribution in [3.05, 3.63) is 29.0 Å². The Hall–Kier alpha value is -2.41. The molecule has 2 aromatic rings. The van der Waals surface area contributed by atoms with E-state index in [0.717, 1.165) is 0 Å². The van der Waals surface area contributed by atoms with E-state index in [1.807, 2.05) is 0 Å². The number of halogens is 2. The second kappa shape index (κ2) is 5.92. The first-order valence-corrected chi connectivity index (χ1v) is 6.26. The van der Waals surface area contributed by atoms with Crippen molar-refractivity contribution in [3.8, 4) is 22.8 Å². The molecule has 0 atom stereocenters. The van der Waals surface area contributed by atoms with Crippen molar-refractivity contribution in [2.45, 2.75) is 6.92 Å². The van der Waals surface area contributed by atoms with Crippen LogP contribution in [-0.2, 0) is 4.74 Å². The fourth-order valence-corrected chi connectivity index (χ4v) is 1.79. The molecule has 0 aliphatic carbocycles. The van der Waals surface area contributed by atoms with Crippen LogP contribution in [0.5, 0.6) is 11.5 Å². The smallest absolute Gasteiger partial charge is 0.414 e. The summed E-state index contributed by atoms with van der Waals surface area (Å²) in [5, 5.41) is 21.4. The zero-order chi connectivity index (χ0) is 15.6. The van der Waals surface area contributed by atoms with Gasteiger partial charge in [-0.2, -0.15) is 0 Å². The summed E-state index contributed by atoms with van der Waals surface area (Å²) in [6.45, 7) is 1.70. The molecular weight excluding hydrogens is 305 g/mol. The molecule has 1 heterocycles. The first-order chi connectivity index (χ1) is 9.95. The van der Waals surface area contributed by atoms with Gasteiger partial charge < -0.3 is 19.4 Å². The number of anilines is 1. The molecule has 1 aromatic heterocycles. The Kier molecular flexibility index (Phi) is 4.23. The summed E-state index contributed by atoms with van der Waals surface area (Å²) in [5.41, 5.74) is -0.160. The quantitative estimate of drug-likeness (QED) is 0.803. The molecule has 0 bridgehead atoms. The molecule has 0 fully saturated rings. The zero-order valence-electron chi connectivity index (χ0n) is 10.8. The molecule has 0 aliphatic rings. The molecule has 6 nitrogen and oxygen atoms in total. The van der Waals surface area contributed by atoms with Crippen LogP contribution in [0, 0.1) is 5.82 Å². The molecule has 0 aliphatic heterocycles. The van der Waals surface area contributed by atoms with Gasteiger partial charge in [-0.15, -0.1) is 0 Å². The van der Waals surface area contributed by atoms with Gasteiger partial charge in [0.05, 0.1) is 17.2 Å². The molecule has 3 N–H and O–H groups in total. The van der Waals surface area contributed by atoms with Crippen molar-refractivity contribution >= 4 is 23.6 Å². The van der Waals surface area contributed by atoms with Gasteiger partial charge >= 0.3 is 6.09 Å². The van der Waals surface area contributed by atoms with E-state index < -0.39 is 29.3 Å². The summed E-state index contributed by atoms with van der Waals surface area (Å²) in [7, 11) is 0. The first-order valence-electron chi connectivity index (χ1n) is 5.88. The van der Waals surface area contributed by atoms with Crippen LogP contribution in [0.2, 0.25) is 5.02 Å². The number of aromatic hydroxyl groups is 2. The molecule has 0 unspecified atom stereocenters. The number of carbonyl (C=O) groups excluding carboxylic acids is 1. The van der Waals surface area contributed by atoms with E-state index in [4.69, 9.17) is 16.0 Å². The number of rotatable bonds is 3. The van der Waals surface area contributed by atoms with Crippen LogP contribution in [-0.4, -0.2) is 22.9 Å². The number of nitrogens with one attached hydrogen (secondary N) is 1. The maximum atomic E-state index is 13.9. The Morgan fingerprint density at radius 1 is 1.43 bits per heavy atom. The molecule has 21 heavy (non-hydrogen) atoms. The van der Waals surface area contributed by atoms with Crippen molar-refractivity contribution in [2.24, 2.45) is 0 Å². The Bertz CT molecular complexity index is 685. The summed E-state index contributed by atoms with van der Waals surface area (Å²) in [4.78, 5) is 11.3. The summed E-state index contributed by atoms with van der Waals surface area (Å²) in [6, 6.07) is 4.06. The van der Waals surface area contributed by atoms with Crippen LogP contribution in [0.4, 0.5) is 15.1 Å². The van der Waals surface area contributed by atoms with Gasteiger partial charge in [0.1, 0.15) is 0 Å². The number of furan rings is 1. The second-order valence-electron chi connectivity index (χ2n) is 3.90. The lowest BCUT2D eigenvalue weighted by Gasteiger charge is -2.02. The van der Waals surface area contributed by atoms with E-state index in [9.17, 15) is 19.4 Å². The van der Waals surface area contributed by atoms with E-state index in [0.29, 0.717) is 0 Å². The fourth-order valence-electron chi connectivity index (χ4n) is 1.62. The summed E-state index contributed by atoms with van der Waals surface area (Å²) < 4.78 is 23.6. The maximum absolute atomic E-state index is 13.9. The Morgan fingerprint density at radius 2 is 2.14 bits per heavy atom. The highest BCUT2D eigenvalue weighted by Crippen LogP contribution is 2.46. The largest absolute Gasteiger partial charge is 0.502 e. The lowest BCUT2D eigenvalue weighted by Crippen LogP contribution is -2.12. The maximum Gasteiger partial charge on any atom is 0.414 e. The van der Waals surface area contributed by atoms with Gasteiger partial charge in [0.25, 0.3) is 0 Å². The number of amides is 1. The van der Waals surface area contributed by atoms with Gasteiger partial charge in [0, 0.05) is 0 Å². The third-order valence-corrected chi connectivity index (χ3v) is 2.84. The van der Waals surface area contributed by atoms with Crippen molar-refractivity contribution in [1.82, 2.24) is 0 Å². The van der Waals surface area contributed by atoms with Crippen molar-refractivity contribution in [1.29, 1.82) is 0 Å². The monoisotopic (exact) mass is 315 g/mol. The standard InChI is InChI=1S/C13H11ClFNO5/c1-2-20-13(19)16-12-10(18)9(17)11(21-12)6-4-3-5-7(14)8(6)15/h3-5,17-18H,2H2,1H3,(H,16,19). The van der Waals surface area contributed by atoms with E-state index in [1.165, 1.54) is 18.2 Å². The van der Waals surface area contributed by atoms with E-state index >= 15 is 0 Å². The number of benzene rings is 1. The van der Waals surface area contributed by atoms with Crippen molar-refractivity contribution in [2.75, 3.05) is 11.9 Å². The summed E-state index contributed by atoms with van der Waals surface area (Å²) >= 11 is 5.64. The molecular formula is C13H11ClFNO5. The number of carbonyl (C=O) groups is 1. The van der Waals surface area contributed by atoms with Crippen LogP contribution in [0.25, 0.3) is 11.3 Å². The normalized spacial score (nSPS) is 10.4. The van der Waals surface area contributed by atoms with Gasteiger partial charge in [0.2, 0.25) is 17.4 Å². The fraction of sp³-hybridized carbons (Fsp3) is 0.154. The van der Waals surface area contributed by atoms with Crippen LogP contribution in [0.1, 0.15) is 6.92 Å². The minimum absolute atomic E-state index is 0.106. The van der Waals surface area contributed by atoms with Crippen LogP contribution >= 0.6 is 11.6 Å². The Morgan fingerprint density at radius 3 is 2.81 bits per heavy atom. The van der Waals surface area contributed by atoms with Crippen LogP contribution in [0.3, 0.4) is 0 Å². The van der Waals surface area contributed by atoms with Crippen LogP contribution in [0.15, 0.2) is 22.6 Å². The second-order valence-corrected chi connectivity index (χ2v) is 4.31. The third-order valence-electron chi connectivity index (χ3n) is 2.55. The number of hydrogen-bond donors (Lipinski definition) is 3. The minimum atomic E-state index is -0.889. The van der Waals surface area contributed by atoms with Gasteiger partial charge in [-0.1, -0.05) is 17.7 Å². The first kappa shape index (κ1) is 15.0. The predicted octanol–water partition coefficient (Wildman–Crippen LogP) is 3.72. The molecule has 1 aromatic carbocycles. The Balaban J connectivity index is 2.42. The number of hydrogen-bond acceptors (Lipinski definition) is 5. The highest BCUT2D eigenvalue weighted by Gasteiger charge is 2.25. The number of ether oxygens (including phenoxy) is 1. The SMILES string of the molecule is CCOC(=O)Nc1oc(-c2cccc(Cl)c2F)c(O)c1O. The lowest BCUT2D eigenvalue weighted by atomic mass is 10.1. The average Bonchev–Trinajstić information content (AvgIpc) is 2.71. The molecule has 0 spiro atoms. The lowest BCUT2D eigenvalue weighted by molar-refractivity contribution is 0.167. The molecule has 8 heteroatoms. The van der Waals surface area contributed by atoms with Crippen molar-refractivity contribution in [3.63, 3.8) is 0 Å². The van der Waals surface area contributed by atoms with Crippen molar-refractivity contribution < 1.29 is 28.6 Å².